The molecule has 1 fully saturated rings. The minimum absolute atomic E-state index is 0.0388. The molecule has 33 heavy (non-hydrogen) atoms. The van der Waals surface area contributed by atoms with Crippen molar-refractivity contribution in [3.63, 3.8) is 0 Å². The first-order valence-corrected chi connectivity index (χ1v) is 11.4. The van der Waals surface area contributed by atoms with Crippen LogP contribution in [0.5, 0.6) is 5.75 Å². The molecule has 0 spiro atoms. The van der Waals surface area contributed by atoms with E-state index in [0.29, 0.717) is 24.4 Å². The van der Waals surface area contributed by atoms with Crippen LogP contribution in [-0.4, -0.2) is 66.7 Å². The van der Waals surface area contributed by atoms with Crippen molar-refractivity contribution in [1.82, 2.24) is 15.1 Å². The second-order valence-electron chi connectivity index (χ2n) is 9.40. The number of carbonyl (C=O) groups excluding carboxylic acids is 2. The van der Waals surface area contributed by atoms with Crippen molar-refractivity contribution in [2.24, 2.45) is 0 Å². The molecule has 178 valence electrons. The first kappa shape index (κ1) is 24.6. The van der Waals surface area contributed by atoms with Crippen LogP contribution >= 0.6 is 0 Å². The van der Waals surface area contributed by atoms with Crippen LogP contribution < -0.4 is 10.1 Å². The van der Waals surface area contributed by atoms with Gasteiger partial charge in [-0.15, -0.1) is 0 Å². The zero-order valence-corrected chi connectivity index (χ0v) is 20.2. The van der Waals surface area contributed by atoms with E-state index in [1.807, 2.05) is 58.0 Å². The molecule has 1 heterocycles. The van der Waals surface area contributed by atoms with Gasteiger partial charge in [0.1, 0.15) is 17.5 Å². The fourth-order valence-electron chi connectivity index (χ4n) is 3.90. The molecule has 0 aromatic heterocycles. The Morgan fingerprint density at radius 3 is 2.30 bits per heavy atom. The van der Waals surface area contributed by atoms with Gasteiger partial charge in [0, 0.05) is 44.8 Å². The SMILES string of the molecule is CNC(=O)c1ccc(OC(CN2CCN(C(=O)OC(C)(C)C)[C@H](C)C2)c2ccccc2)cc1. The number of nitrogens with zero attached hydrogens (tertiary/aromatic N) is 2. The van der Waals surface area contributed by atoms with Crippen LogP contribution in [0, 0.1) is 0 Å². The Hall–Kier alpha value is -3.06. The van der Waals surface area contributed by atoms with Crippen LogP contribution in [0.2, 0.25) is 0 Å². The van der Waals surface area contributed by atoms with Gasteiger partial charge in [-0.05, 0) is 57.5 Å². The molecule has 3 rings (SSSR count). The Morgan fingerprint density at radius 1 is 1.06 bits per heavy atom. The first-order chi connectivity index (χ1) is 15.7. The molecule has 0 bridgehead atoms. The molecule has 1 saturated heterocycles. The number of amides is 2. The van der Waals surface area contributed by atoms with E-state index >= 15 is 0 Å². The highest BCUT2D eigenvalue weighted by Gasteiger charge is 2.32. The van der Waals surface area contributed by atoms with Gasteiger partial charge in [0.25, 0.3) is 5.91 Å². The summed E-state index contributed by atoms with van der Waals surface area (Å²) in [6, 6.07) is 17.3. The largest absolute Gasteiger partial charge is 0.484 e. The molecule has 2 aromatic carbocycles. The molecule has 0 saturated carbocycles. The number of benzene rings is 2. The number of carbonyl (C=O) groups is 2. The van der Waals surface area contributed by atoms with Gasteiger partial charge in [0.2, 0.25) is 0 Å². The van der Waals surface area contributed by atoms with E-state index in [1.54, 1.807) is 24.1 Å². The fourth-order valence-corrected chi connectivity index (χ4v) is 3.90. The number of nitrogens with one attached hydrogen (secondary N) is 1. The van der Waals surface area contributed by atoms with E-state index in [9.17, 15) is 9.59 Å². The zero-order valence-electron chi connectivity index (χ0n) is 20.2. The Labute approximate surface area is 196 Å². The maximum atomic E-state index is 12.5. The molecular weight excluding hydrogens is 418 g/mol. The molecule has 1 N–H and O–H groups in total. The third kappa shape index (κ3) is 6.96. The minimum Gasteiger partial charge on any atom is -0.484 e. The standard InChI is InChI=1S/C26H35N3O4/c1-19-17-28(15-16-29(19)25(31)33-26(2,3)4)18-23(20-9-7-6-8-10-20)32-22-13-11-21(12-14-22)24(30)27-5/h6-14,19,23H,15-18H2,1-5H3,(H,27,30)/t19-,23?/m1/s1. The van der Waals surface area contributed by atoms with Gasteiger partial charge in [0.05, 0.1) is 0 Å². The molecule has 2 amide bonds. The zero-order chi connectivity index (χ0) is 24.0. The maximum Gasteiger partial charge on any atom is 0.410 e. The van der Waals surface area contributed by atoms with Crippen molar-refractivity contribution in [2.75, 3.05) is 33.2 Å². The highest BCUT2D eigenvalue weighted by molar-refractivity contribution is 5.94. The lowest BCUT2D eigenvalue weighted by Crippen LogP contribution is -2.55. The van der Waals surface area contributed by atoms with Gasteiger partial charge < -0.3 is 19.7 Å². The minimum atomic E-state index is -0.506. The second-order valence-corrected chi connectivity index (χ2v) is 9.40. The van der Waals surface area contributed by atoms with Crippen LogP contribution in [0.15, 0.2) is 54.6 Å². The third-order valence-corrected chi connectivity index (χ3v) is 5.56. The smallest absolute Gasteiger partial charge is 0.410 e. The van der Waals surface area contributed by atoms with Gasteiger partial charge in [-0.2, -0.15) is 0 Å². The van der Waals surface area contributed by atoms with Crippen molar-refractivity contribution in [3.05, 3.63) is 65.7 Å². The van der Waals surface area contributed by atoms with E-state index in [2.05, 4.69) is 22.3 Å². The summed E-state index contributed by atoms with van der Waals surface area (Å²) in [5.74, 6) is 0.579. The lowest BCUT2D eigenvalue weighted by atomic mass is 10.1. The average molecular weight is 454 g/mol. The molecule has 7 heteroatoms. The Balaban J connectivity index is 1.68. The number of rotatable bonds is 6. The highest BCUT2D eigenvalue weighted by atomic mass is 16.6. The van der Waals surface area contributed by atoms with E-state index in [4.69, 9.17) is 9.47 Å². The first-order valence-electron chi connectivity index (χ1n) is 11.4. The fraction of sp³-hybridized carbons (Fsp3) is 0.462. The topological polar surface area (TPSA) is 71.1 Å². The predicted octanol–water partition coefficient (Wildman–Crippen LogP) is 4.11. The van der Waals surface area contributed by atoms with E-state index in [0.717, 1.165) is 18.7 Å². The number of ether oxygens (including phenoxy) is 2. The molecule has 1 aliphatic rings. The molecular formula is C26H35N3O4. The molecule has 1 unspecified atom stereocenters. The van der Waals surface area contributed by atoms with E-state index in [1.165, 1.54) is 0 Å². The summed E-state index contributed by atoms with van der Waals surface area (Å²) in [5.41, 5.74) is 1.16. The summed E-state index contributed by atoms with van der Waals surface area (Å²) in [7, 11) is 1.61. The van der Waals surface area contributed by atoms with Gasteiger partial charge in [-0.3, -0.25) is 9.69 Å². The normalized spacial score (nSPS) is 17.8. The molecule has 2 aromatic rings. The summed E-state index contributed by atoms with van der Waals surface area (Å²) < 4.78 is 11.9. The van der Waals surface area contributed by atoms with Gasteiger partial charge >= 0.3 is 6.09 Å². The van der Waals surface area contributed by atoms with Crippen LogP contribution in [0.3, 0.4) is 0 Å². The van der Waals surface area contributed by atoms with Crippen molar-refractivity contribution in [3.8, 4) is 5.75 Å². The van der Waals surface area contributed by atoms with E-state index < -0.39 is 5.60 Å². The monoisotopic (exact) mass is 453 g/mol. The molecule has 2 atom stereocenters. The van der Waals surface area contributed by atoms with Crippen molar-refractivity contribution < 1.29 is 19.1 Å². The van der Waals surface area contributed by atoms with Crippen LogP contribution in [0.4, 0.5) is 4.79 Å². The van der Waals surface area contributed by atoms with Gasteiger partial charge in [-0.25, -0.2) is 4.79 Å². The Bertz CT molecular complexity index is 925. The summed E-state index contributed by atoms with van der Waals surface area (Å²) in [4.78, 5) is 28.5. The lowest BCUT2D eigenvalue weighted by molar-refractivity contribution is -0.00298. The predicted molar refractivity (Wildman–Crippen MR) is 128 cm³/mol. The lowest BCUT2D eigenvalue weighted by Gasteiger charge is -2.41. The summed E-state index contributed by atoms with van der Waals surface area (Å²) in [6.45, 7) is 10.5. The van der Waals surface area contributed by atoms with Crippen LogP contribution in [0.25, 0.3) is 0 Å². The molecule has 0 aliphatic carbocycles. The Morgan fingerprint density at radius 2 is 1.73 bits per heavy atom. The number of hydrogen-bond donors (Lipinski definition) is 1. The average Bonchev–Trinajstić information content (AvgIpc) is 2.78. The number of piperazine rings is 1. The summed E-state index contributed by atoms with van der Waals surface area (Å²) >= 11 is 0. The highest BCUT2D eigenvalue weighted by Crippen LogP contribution is 2.25. The number of hydrogen-bond acceptors (Lipinski definition) is 5. The second kappa shape index (κ2) is 10.7. The van der Waals surface area contributed by atoms with Crippen LogP contribution in [-0.2, 0) is 4.74 Å². The quantitative estimate of drug-likeness (QED) is 0.713. The molecule has 0 radical (unpaired) electrons. The van der Waals surface area contributed by atoms with Crippen molar-refractivity contribution in [1.29, 1.82) is 0 Å². The maximum absolute atomic E-state index is 12.5. The van der Waals surface area contributed by atoms with Gasteiger partial charge in [-0.1, -0.05) is 30.3 Å². The Kier molecular flexibility index (Phi) is 7.97. The van der Waals surface area contributed by atoms with Crippen molar-refractivity contribution >= 4 is 12.0 Å². The molecule has 7 nitrogen and oxygen atoms in total. The third-order valence-electron chi connectivity index (χ3n) is 5.56. The molecule has 1 aliphatic heterocycles. The van der Waals surface area contributed by atoms with E-state index in [-0.39, 0.29) is 24.1 Å². The summed E-state index contributed by atoms with van der Waals surface area (Å²) in [6.07, 6.45) is -0.445. The van der Waals surface area contributed by atoms with Crippen LogP contribution in [0.1, 0.15) is 49.7 Å². The summed E-state index contributed by atoms with van der Waals surface area (Å²) in [5, 5.41) is 2.63. The van der Waals surface area contributed by atoms with Gasteiger partial charge in [0.15, 0.2) is 0 Å². The van der Waals surface area contributed by atoms with Crippen molar-refractivity contribution in [2.45, 2.75) is 45.4 Å².